The third-order valence-corrected chi connectivity index (χ3v) is 4.08. The van der Waals surface area contributed by atoms with E-state index in [0.29, 0.717) is 0 Å². The normalized spacial score (nSPS) is 32.0. The molecular formula is C14H19NO2. The van der Waals surface area contributed by atoms with Crippen molar-refractivity contribution < 1.29 is 9.84 Å². The highest BCUT2D eigenvalue weighted by atomic mass is 16.5. The van der Waals surface area contributed by atoms with Crippen molar-refractivity contribution in [2.45, 2.75) is 43.7 Å². The van der Waals surface area contributed by atoms with E-state index in [2.05, 4.69) is 6.07 Å². The van der Waals surface area contributed by atoms with Gasteiger partial charge in [0.25, 0.3) is 0 Å². The Labute approximate surface area is 102 Å². The van der Waals surface area contributed by atoms with Gasteiger partial charge in [0.2, 0.25) is 0 Å². The molecule has 17 heavy (non-hydrogen) atoms. The quantitative estimate of drug-likeness (QED) is 0.776. The van der Waals surface area contributed by atoms with Crippen LogP contribution in [0.1, 0.15) is 36.8 Å². The molecule has 3 rings (SSSR count). The molecule has 1 aliphatic heterocycles. The summed E-state index contributed by atoms with van der Waals surface area (Å²) in [6.07, 6.45) is 4.31. The van der Waals surface area contributed by atoms with Crippen LogP contribution in [0.3, 0.4) is 0 Å². The fourth-order valence-electron chi connectivity index (χ4n) is 2.88. The second kappa shape index (κ2) is 4.00. The lowest BCUT2D eigenvalue weighted by atomic mass is 9.77. The molecule has 0 atom stereocenters. The molecule has 1 saturated carbocycles. The Morgan fingerprint density at radius 2 is 2.06 bits per heavy atom. The first kappa shape index (κ1) is 11.1. The maximum Gasteiger partial charge on any atom is 0.122 e. The van der Waals surface area contributed by atoms with Gasteiger partial charge in [0.15, 0.2) is 0 Å². The van der Waals surface area contributed by atoms with Crippen molar-refractivity contribution in [2.24, 2.45) is 5.73 Å². The first-order chi connectivity index (χ1) is 8.17. The molecule has 3 N–H and O–H groups in total. The molecule has 0 spiro atoms. The van der Waals surface area contributed by atoms with Gasteiger partial charge in [-0.2, -0.15) is 0 Å². The first-order valence-corrected chi connectivity index (χ1v) is 6.41. The summed E-state index contributed by atoms with van der Waals surface area (Å²) < 4.78 is 5.49. The largest absolute Gasteiger partial charge is 0.493 e. The highest BCUT2D eigenvalue weighted by Crippen LogP contribution is 2.39. The average molecular weight is 233 g/mol. The monoisotopic (exact) mass is 233 g/mol. The summed E-state index contributed by atoms with van der Waals surface area (Å²) in [5.41, 5.74) is 7.48. The van der Waals surface area contributed by atoms with Crippen LogP contribution in [0.25, 0.3) is 0 Å². The van der Waals surface area contributed by atoms with Crippen molar-refractivity contribution in [1.82, 2.24) is 0 Å². The summed E-state index contributed by atoms with van der Waals surface area (Å²) in [4.78, 5) is 0. The number of hydrogen-bond acceptors (Lipinski definition) is 3. The number of benzene rings is 1. The van der Waals surface area contributed by atoms with E-state index in [1.165, 1.54) is 5.56 Å². The number of rotatable bonds is 1. The lowest BCUT2D eigenvalue weighted by molar-refractivity contribution is -0.00501. The Kier molecular flexibility index (Phi) is 2.60. The molecule has 1 aromatic carbocycles. The van der Waals surface area contributed by atoms with Gasteiger partial charge in [0, 0.05) is 12.5 Å². The molecular weight excluding hydrogens is 214 g/mol. The SMILES string of the molecule is NC1CCC(O)(c2ccc3c(c2)CCO3)CC1. The molecule has 0 radical (unpaired) electrons. The molecule has 92 valence electrons. The van der Waals surface area contributed by atoms with Crippen LogP contribution in [0.2, 0.25) is 0 Å². The minimum Gasteiger partial charge on any atom is -0.493 e. The van der Waals surface area contributed by atoms with Gasteiger partial charge >= 0.3 is 0 Å². The molecule has 1 fully saturated rings. The van der Waals surface area contributed by atoms with Crippen LogP contribution in [-0.2, 0) is 12.0 Å². The molecule has 2 aliphatic rings. The van der Waals surface area contributed by atoms with E-state index in [0.717, 1.165) is 50.0 Å². The summed E-state index contributed by atoms with van der Waals surface area (Å²) in [6.45, 7) is 0.766. The third kappa shape index (κ3) is 1.94. The number of fused-ring (bicyclic) bond motifs is 1. The van der Waals surface area contributed by atoms with Gasteiger partial charge in [-0.25, -0.2) is 0 Å². The zero-order chi connectivity index (χ0) is 11.9. The van der Waals surface area contributed by atoms with Gasteiger partial charge in [0.05, 0.1) is 12.2 Å². The van der Waals surface area contributed by atoms with Gasteiger partial charge in [-0.05, 0) is 48.9 Å². The zero-order valence-corrected chi connectivity index (χ0v) is 9.98. The van der Waals surface area contributed by atoms with Crippen LogP contribution in [0.5, 0.6) is 5.75 Å². The van der Waals surface area contributed by atoms with E-state index in [9.17, 15) is 5.11 Å². The minimum atomic E-state index is -0.673. The molecule has 0 bridgehead atoms. The smallest absolute Gasteiger partial charge is 0.122 e. The molecule has 0 unspecified atom stereocenters. The van der Waals surface area contributed by atoms with Crippen LogP contribution in [0.15, 0.2) is 18.2 Å². The van der Waals surface area contributed by atoms with Crippen LogP contribution in [-0.4, -0.2) is 17.8 Å². The third-order valence-electron chi connectivity index (χ3n) is 4.08. The van der Waals surface area contributed by atoms with Crippen LogP contribution < -0.4 is 10.5 Å². The highest BCUT2D eigenvalue weighted by molar-refractivity contribution is 5.41. The lowest BCUT2D eigenvalue weighted by Gasteiger charge is -2.35. The van der Waals surface area contributed by atoms with E-state index in [1.807, 2.05) is 12.1 Å². The standard InChI is InChI=1S/C14H19NO2/c15-12-3-6-14(16,7-4-12)11-1-2-13-10(9-11)5-8-17-13/h1-2,9,12,16H,3-8,15H2. The number of hydrogen-bond donors (Lipinski definition) is 2. The predicted molar refractivity (Wildman–Crippen MR) is 66.0 cm³/mol. The molecule has 0 amide bonds. The second-order valence-corrected chi connectivity index (χ2v) is 5.29. The lowest BCUT2D eigenvalue weighted by Crippen LogP contribution is -2.36. The number of ether oxygens (including phenoxy) is 1. The number of nitrogens with two attached hydrogens (primary N) is 1. The zero-order valence-electron chi connectivity index (χ0n) is 9.98. The summed E-state index contributed by atoms with van der Waals surface area (Å²) in [7, 11) is 0. The fraction of sp³-hybridized carbons (Fsp3) is 0.571. The van der Waals surface area contributed by atoms with Crippen molar-refractivity contribution in [3.63, 3.8) is 0 Å². The summed E-state index contributed by atoms with van der Waals surface area (Å²) in [5.74, 6) is 0.977. The van der Waals surface area contributed by atoms with Crippen LogP contribution in [0.4, 0.5) is 0 Å². The predicted octanol–water partition coefficient (Wildman–Crippen LogP) is 1.71. The van der Waals surface area contributed by atoms with E-state index in [4.69, 9.17) is 10.5 Å². The van der Waals surface area contributed by atoms with Gasteiger partial charge in [-0.1, -0.05) is 6.07 Å². The summed E-state index contributed by atoms with van der Waals surface area (Å²) in [5, 5.41) is 10.7. The Morgan fingerprint density at radius 1 is 1.29 bits per heavy atom. The van der Waals surface area contributed by atoms with Gasteiger partial charge in [0.1, 0.15) is 5.75 Å². The van der Waals surface area contributed by atoms with Crippen LogP contribution in [0, 0.1) is 0 Å². The maximum absolute atomic E-state index is 10.7. The molecule has 0 aromatic heterocycles. The molecule has 1 heterocycles. The molecule has 1 aromatic rings. The number of aliphatic hydroxyl groups is 1. The van der Waals surface area contributed by atoms with Crippen molar-refractivity contribution in [2.75, 3.05) is 6.61 Å². The minimum absolute atomic E-state index is 0.257. The first-order valence-electron chi connectivity index (χ1n) is 6.41. The Bertz CT molecular complexity index is 422. The maximum atomic E-state index is 10.7. The Hall–Kier alpha value is -1.06. The van der Waals surface area contributed by atoms with Crippen LogP contribution >= 0.6 is 0 Å². The summed E-state index contributed by atoms with van der Waals surface area (Å²) in [6, 6.07) is 6.36. The van der Waals surface area contributed by atoms with Crippen molar-refractivity contribution >= 4 is 0 Å². The Balaban J connectivity index is 1.88. The topological polar surface area (TPSA) is 55.5 Å². The molecule has 3 heteroatoms. The van der Waals surface area contributed by atoms with Gasteiger partial charge < -0.3 is 15.6 Å². The van der Waals surface area contributed by atoms with E-state index in [-0.39, 0.29) is 6.04 Å². The molecule has 1 aliphatic carbocycles. The van der Waals surface area contributed by atoms with Crippen molar-refractivity contribution in [3.05, 3.63) is 29.3 Å². The van der Waals surface area contributed by atoms with Crippen molar-refractivity contribution in [1.29, 1.82) is 0 Å². The Morgan fingerprint density at radius 3 is 2.82 bits per heavy atom. The molecule has 3 nitrogen and oxygen atoms in total. The van der Waals surface area contributed by atoms with Crippen molar-refractivity contribution in [3.8, 4) is 5.75 Å². The second-order valence-electron chi connectivity index (χ2n) is 5.29. The van der Waals surface area contributed by atoms with E-state index in [1.54, 1.807) is 0 Å². The fourth-order valence-corrected chi connectivity index (χ4v) is 2.88. The summed E-state index contributed by atoms with van der Waals surface area (Å²) >= 11 is 0. The van der Waals surface area contributed by atoms with Gasteiger partial charge in [-0.15, -0.1) is 0 Å². The van der Waals surface area contributed by atoms with Gasteiger partial charge in [-0.3, -0.25) is 0 Å². The van der Waals surface area contributed by atoms with E-state index >= 15 is 0 Å². The molecule has 0 saturated heterocycles. The van der Waals surface area contributed by atoms with E-state index < -0.39 is 5.60 Å². The highest BCUT2D eigenvalue weighted by Gasteiger charge is 2.34. The average Bonchev–Trinajstić information content (AvgIpc) is 2.80.